The summed E-state index contributed by atoms with van der Waals surface area (Å²) in [5, 5.41) is 18.8. The SMILES string of the molecule is O=C(c1ccc(C(O)CO)cc1)C(C(=O)c1cc(F)cc(F)c1)c1nc2ccc(F)cc2[nH]1. The molecule has 0 saturated heterocycles. The molecule has 2 atom stereocenters. The molecule has 4 aromatic rings. The normalized spacial score (nSPS) is 13.1. The van der Waals surface area contributed by atoms with Gasteiger partial charge in [0.25, 0.3) is 0 Å². The number of nitrogens with zero attached hydrogens (tertiary/aromatic N) is 1. The van der Waals surface area contributed by atoms with Gasteiger partial charge in [-0.2, -0.15) is 0 Å². The first-order chi connectivity index (χ1) is 15.8. The fourth-order valence-corrected chi connectivity index (χ4v) is 3.51. The highest BCUT2D eigenvalue weighted by molar-refractivity contribution is 6.19. The van der Waals surface area contributed by atoms with Crippen LogP contribution in [0.1, 0.15) is 44.1 Å². The molecule has 0 bridgehead atoms. The standard InChI is InChI=1S/C24H17F3N2O4/c25-15-5-6-18-19(10-15)29-24(28-18)21(23(33)14-7-16(26)9-17(27)8-14)22(32)13-3-1-12(2-4-13)20(31)11-30/h1-10,20-21,30-31H,11H2,(H,28,29). The van der Waals surface area contributed by atoms with Gasteiger partial charge >= 0.3 is 0 Å². The molecule has 1 heterocycles. The maximum atomic E-state index is 13.8. The van der Waals surface area contributed by atoms with Crippen LogP contribution in [0.5, 0.6) is 0 Å². The summed E-state index contributed by atoms with van der Waals surface area (Å²) in [6.07, 6.45) is -1.15. The lowest BCUT2D eigenvalue weighted by Crippen LogP contribution is -2.24. The number of rotatable bonds is 7. The highest BCUT2D eigenvalue weighted by Gasteiger charge is 2.33. The molecule has 0 aliphatic heterocycles. The van der Waals surface area contributed by atoms with E-state index in [1.165, 1.54) is 36.4 Å². The van der Waals surface area contributed by atoms with Gasteiger partial charge in [0.05, 0.1) is 17.6 Å². The molecule has 0 aliphatic rings. The fraction of sp³-hybridized carbons (Fsp3) is 0.125. The number of aliphatic hydroxyl groups excluding tert-OH is 2. The van der Waals surface area contributed by atoms with Crippen LogP contribution in [0.4, 0.5) is 13.2 Å². The van der Waals surface area contributed by atoms with E-state index in [1.807, 2.05) is 0 Å². The number of Topliss-reactive ketones (excluding diaryl/α,β-unsaturated/α-hetero) is 2. The summed E-state index contributed by atoms with van der Waals surface area (Å²) in [7, 11) is 0. The van der Waals surface area contributed by atoms with Crippen molar-refractivity contribution in [3.63, 3.8) is 0 Å². The number of halogens is 3. The number of carbonyl (C=O) groups is 2. The number of fused-ring (bicyclic) bond motifs is 1. The van der Waals surface area contributed by atoms with Crippen molar-refractivity contribution in [1.82, 2.24) is 9.97 Å². The maximum Gasteiger partial charge on any atom is 0.181 e. The van der Waals surface area contributed by atoms with Crippen LogP contribution in [0.15, 0.2) is 60.7 Å². The molecule has 0 amide bonds. The molecule has 3 aromatic carbocycles. The number of carbonyl (C=O) groups excluding carboxylic acids is 2. The van der Waals surface area contributed by atoms with Gasteiger partial charge < -0.3 is 15.2 Å². The highest BCUT2D eigenvalue weighted by Crippen LogP contribution is 2.27. The minimum absolute atomic E-state index is 0.0609. The first-order valence-electron chi connectivity index (χ1n) is 9.85. The van der Waals surface area contributed by atoms with Crippen LogP contribution < -0.4 is 0 Å². The summed E-state index contributed by atoms with van der Waals surface area (Å²) in [4.78, 5) is 33.6. The topological polar surface area (TPSA) is 103 Å². The smallest absolute Gasteiger partial charge is 0.181 e. The zero-order valence-corrected chi connectivity index (χ0v) is 16.9. The number of aromatic amines is 1. The predicted molar refractivity (Wildman–Crippen MR) is 112 cm³/mol. The third-order valence-corrected chi connectivity index (χ3v) is 5.16. The average molecular weight is 454 g/mol. The number of ketones is 2. The van der Waals surface area contributed by atoms with Crippen LogP contribution in [-0.4, -0.2) is 38.4 Å². The number of benzene rings is 3. The summed E-state index contributed by atoms with van der Waals surface area (Å²) in [5.41, 5.74) is 0.574. The Morgan fingerprint density at radius 2 is 1.48 bits per heavy atom. The van der Waals surface area contributed by atoms with Gasteiger partial charge in [-0.15, -0.1) is 0 Å². The van der Waals surface area contributed by atoms with Crippen molar-refractivity contribution in [1.29, 1.82) is 0 Å². The van der Waals surface area contributed by atoms with E-state index in [0.29, 0.717) is 17.1 Å². The Morgan fingerprint density at radius 1 is 0.848 bits per heavy atom. The molecule has 33 heavy (non-hydrogen) atoms. The number of H-pyrrole nitrogens is 1. The summed E-state index contributed by atoms with van der Waals surface area (Å²) in [6, 6.07) is 11.4. The Bertz CT molecular complexity index is 1330. The lowest BCUT2D eigenvalue weighted by atomic mass is 9.88. The molecule has 3 N–H and O–H groups in total. The molecular weight excluding hydrogens is 437 g/mol. The Morgan fingerprint density at radius 3 is 2.12 bits per heavy atom. The number of imidazole rings is 1. The van der Waals surface area contributed by atoms with Gasteiger partial charge in [-0.25, -0.2) is 18.2 Å². The molecule has 0 radical (unpaired) electrons. The van der Waals surface area contributed by atoms with Crippen LogP contribution >= 0.6 is 0 Å². The molecule has 2 unspecified atom stereocenters. The van der Waals surface area contributed by atoms with Crippen molar-refractivity contribution >= 4 is 22.6 Å². The van der Waals surface area contributed by atoms with E-state index in [-0.39, 0.29) is 22.5 Å². The number of hydrogen-bond donors (Lipinski definition) is 3. The summed E-state index contributed by atoms with van der Waals surface area (Å²) in [6.45, 7) is -0.519. The number of hydrogen-bond acceptors (Lipinski definition) is 5. The molecule has 9 heteroatoms. The Labute approximate surface area is 185 Å². The zero-order chi connectivity index (χ0) is 23.7. The molecular formula is C24H17F3N2O4. The largest absolute Gasteiger partial charge is 0.393 e. The van der Waals surface area contributed by atoms with Gasteiger partial charge in [0.2, 0.25) is 0 Å². The third-order valence-electron chi connectivity index (χ3n) is 5.16. The second kappa shape index (κ2) is 8.97. The van der Waals surface area contributed by atoms with E-state index in [2.05, 4.69) is 9.97 Å². The van der Waals surface area contributed by atoms with Crippen LogP contribution in [0.3, 0.4) is 0 Å². The average Bonchev–Trinajstić information content (AvgIpc) is 3.20. The first kappa shape index (κ1) is 22.4. The van der Waals surface area contributed by atoms with Crippen molar-refractivity contribution in [2.24, 2.45) is 0 Å². The van der Waals surface area contributed by atoms with Crippen molar-refractivity contribution in [2.45, 2.75) is 12.0 Å². The highest BCUT2D eigenvalue weighted by atomic mass is 19.1. The number of aromatic nitrogens is 2. The van der Waals surface area contributed by atoms with Crippen LogP contribution in [0.2, 0.25) is 0 Å². The maximum absolute atomic E-state index is 13.8. The van der Waals surface area contributed by atoms with Gasteiger partial charge in [-0.1, -0.05) is 24.3 Å². The lowest BCUT2D eigenvalue weighted by molar-refractivity contribution is 0.0854. The van der Waals surface area contributed by atoms with Crippen LogP contribution in [0.25, 0.3) is 11.0 Å². The summed E-state index contributed by atoms with van der Waals surface area (Å²) < 4.78 is 41.1. The molecule has 0 saturated carbocycles. The molecule has 0 spiro atoms. The Balaban J connectivity index is 1.80. The molecule has 0 aliphatic carbocycles. The van der Waals surface area contributed by atoms with E-state index in [1.54, 1.807) is 0 Å². The van der Waals surface area contributed by atoms with Crippen LogP contribution in [-0.2, 0) is 0 Å². The zero-order valence-electron chi connectivity index (χ0n) is 16.9. The monoisotopic (exact) mass is 454 g/mol. The predicted octanol–water partition coefficient (Wildman–Crippen LogP) is 3.86. The summed E-state index contributed by atoms with van der Waals surface area (Å²) >= 11 is 0. The van der Waals surface area contributed by atoms with Crippen LogP contribution in [0, 0.1) is 17.5 Å². The molecule has 1 aromatic heterocycles. The molecule has 4 rings (SSSR count). The van der Waals surface area contributed by atoms with Gasteiger partial charge in [-0.05, 0) is 35.9 Å². The van der Waals surface area contributed by atoms with Gasteiger partial charge in [-0.3, -0.25) is 9.59 Å². The summed E-state index contributed by atoms with van der Waals surface area (Å²) in [5.74, 6) is -5.88. The Kier molecular flexibility index (Phi) is 6.08. The Hall–Kier alpha value is -3.82. The number of aliphatic hydroxyl groups is 2. The third kappa shape index (κ3) is 4.55. The first-order valence-corrected chi connectivity index (χ1v) is 9.85. The quantitative estimate of drug-likeness (QED) is 0.291. The molecule has 168 valence electrons. The second-order valence-electron chi connectivity index (χ2n) is 7.42. The lowest BCUT2D eigenvalue weighted by Gasteiger charge is -2.14. The molecule has 0 fully saturated rings. The van der Waals surface area contributed by atoms with E-state index in [0.717, 1.165) is 18.2 Å². The minimum atomic E-state index is -1.60. The fourth-order valence-electron chi connectivity index (χ4n) is 3.51. The van der Waals surface area contributed by atoms with Gasteiger partial charge in [0.15, 0.2) is 11.6 Å². The second-order valence-corrected chi connectivity index (χ2v) is 7.42. The number of nitrogens with one attached hydrogen (secondary N) is 1. The van der Waals surface area contributed by atoms with Gasteiger partial charge in [0.1, 0.15) is 35.3 Å². The van der Waals surface area contributed by atoms with E-state index < -0.39 is 47.6 Å². The van der Waals surface area contributed by atoms with E-state index in [9.17, 15) is 27.9 Å². The minimum Gasteiger partial charge on any atom is -0.393 e. The van der Waals surface area contributed by atoms with Crippen molar-refractivity contribution in [2.75, 3.05) is 6.61 Å². The van der Waals surface area contributed by atoms with Gasteiger partial charge in [0, 0.05) is 17.2 Å². The van der Waals surface area contributed by atoms with Crippen molar-refractivity contribution in [3.05, 3.63) is 101 Å². The van der Waals surface area contributed by atoms with Crippen molar-refractivity contribution < 1.29 is 33.0 Å². The van der Waals surface area contributed by atoms with Crippen molar-refractivity contribution in [3.8, 4) is 0 Å². The molecule has 6 nitrogen and oxygen atoms in total. The van der Waals surface area contributed by atoms with E-state index in [4.69, 9.17) is 5.11 Å². The van der Waals surface area contributed by atoms with E-state index >= 15 is 0 Å².